The molecule has 78 valence electrons. The summed E-state index contributed by atoms with van der Waals surface area (Å²) < 4.78 is 0. The highest BCUT2D eigenvalue weighted by molar-refractivity contribution is 4.84. The van der Waals surface area contributed by atoms with E-state index in [4.69, 9.17) is 5.73 Å². The summed E-state index contributed by atoms with van der Waals surface area (Å²) in [4.78, 5) is 0. The molecule has 3 atom stereocenters. The van der Waals surface area contributed by atoms with E-state index in [-0.39, 0.29) is 0 Å². The maximum atomic E-state index is 6.03. The van der Waals surface area contributed by atoms with Crippen molar-refractivity contribution in [2.45, 2.75) is 53.0 Å². The van der Waals surface area contributed by atoms with Gasteiger partial charge in [-0.05, 0) is 42.9 Å². The molecule has 0 spiro atoms. The van der Waals surface area contributed by atoms with Crippen LogP contribution in [-0.2, 0) is 0 Å². The molecule has 3 unspecified atom stereocenters. The van der Waals surface area contributed by atoms with Gasteiger partial charge in [-0.25, -0.2) is 0 Å². The number of hydrogen-bond donors (Lipinski definition) is 1. The van der Waals surface area contributed by atoms with Crippen LogP contribution in [0, 0.1) is 23.7 Å². The quantitative estimate of drug-likeness (QED) is 0.699. The first-order valence-corrected chi connectivity index (χ1v) is 5.78. The number of rotatable bonds is 2. The number of hydrogen-bond acceptors (Lipinski definition) is 1. The molecule has 1 saturated carbocycles. The van der Waals surface area contributed by atoms with Gasteiger partial charge in [0, 0.05) is 6.04 Å². The van der Waals surface area contributed by atoms with Crippen molar-refractivity contribution in [1.82, 2.24) is 0 Å². The molecule has 0 aromatic carbocycles. The molecule has 0 saturated heterocycles. The zero-order valence-corrected chi connectivity index (χ0v) is 9.59. The Morgan fingerprint density at radius 1 is 0.923 bits per heavy atom. The van der Waals surface area contributed by atoms with Crippen LogP contribution in [0.1, 0.15) is 47.0 Å². The molecule has 2 N–H and O–H groups in total. The summed E-state index contributed by atoms with van der Waals surface area (Å²) in [7, 11) is 0. The van der Waals surface area contributed by atoms with Crippen molar-refractivity contribution in [3.8, 4) is 0 Å². The van der Waals surface area contributed by atoms with Crippen molar-refractivity contribution in [2.75, 3.05) is 0 Å². The lowest BCUT2D eigenvalue weighted by molar-refractivity contribution is 0.123. The summed E-state index contributed by atoms with van der Waals surface area (Å²) >= 11 is 0. The smallest absolute Gasteiger partial charge is 0.00417 e. The van der Waals surface area contributed by atoms with Crippen LogP contribution in [0.25, 0.3) is 0 Å². The third-order valence-corrected chi connectivity index (χ3v) is 3.71. The second-order valence-electron chi connectivity index (χ2n) is 5.39. The van der Waals surface area contributed by atoms with Crippen molar-refractivity contribution in [3.63, 3.8) is 0 Å². The van der Waals surface area contributed by atoms with Crippen molar-refractivity contribution < 1.29 is 0 Å². The van der Waals surface area contributed by atoms with E-state index in [1.54, 1.807) is 0 Å². The summed E-state index contributed by atoms with van der Waals surface area (Å²) in [6.07, 6.45) is 3.84. The van der Waals surface area contributed by atoms with Crippen molar-refractivity contribution in [1.29, 1.82) is 0 Å². The molecule has 0 amide bonds. The van der Waals surface area contributed by atoms with Gasteiger partial charge < -0.3 is 5.73 Å². The first-order chi connectivity index (χ1) is 6.02. The Kier molecular flexibility index (Phi) is 3.78. The Balaban J connectivity index is 2.60. The topological polar surface area (TPSA) is 26.0 Å². The van der Waals surface area contributed by atoms with Gasteiger partial charge in [-0.15, -0.1) is 0 Å². The minimum Gasteiger partial charge on any atom is -0.328 e. The van der Waals surface area contributed by atoms with Gasteiger partial charge in [0.15, 0.2) is 0 Å². The summed E-state index contributed by atoms with van der Waals surface area (Å²) in [5, 5.41) is 0. The maximum Gasteiger partial charge on any atom is 0.00417 e. The Morgan fingerprint density at radius 2 is 1.46 bits per heavy atom. The van der Waals surface area contributed by atoms with E-state index in [0.717, 1.165) is 23.7 Å². The minimum absolute atomic E-state index is 0.474. The summed E-state index contributed by atoms with van der Waals surface area (Å²) in [6.45, 7) is 9.41. The standard InChI is InChI=1S/C12H25N/c1-8(2)11-6-5-10(13)7-12(11)9(3)4/h8-12H,5-7,13H2,1-4H3. The van der Waals surface area contributed by atoms with Crippen LogP contribution in [-0.4, -0.2) is 6.04 Å². The molecule has 0 heterocycles. The Labute approximate surface area is 83.1 Å². The van der Waals surface area contributed by atoms with E-state index in [1.807, 2.05) is 0 Å². The Bertz CT molecular complexity index is 151. The summed E-state index contributed by atoms with van der Waals surface area (Å²) in [6, 6.07) is 0.474. The Hall–Kier alpha value is -0.0400. The van der Waals surface area contributed by atoms with Crippen LogP contribution in [0.2, 0.25) is 0 Å². The normalized spacial score (nSPS) is 35.8. The zero-order chi connectivity index (χ0) is 10.0. The lowest BCUT2D eigenvalue weighted by Crippen LogP contribution is -2.37. The fourth-order valence-corrected chi connectivity index (χ4v) is 2.86. The largest absolute Gasteiger partial charge is 0.328 e. The van der Waals surface area contributed by atoms with Crippen molar-refractivity contribution in [2.24, 2.45) is 29.4 Å². The maximum absolute atomic E-state index is 6.03. The highest BCUT2D eigenvalue weighted by atomic mass is 14.6. The molecule has 0 radical (unpaired) electrons. The van der Waals surface area contributed by atoms with E-state index >= 15 is 0 Å². The van der Waals surface area contributed by atoms with Crippen LogP contribution in [0.3, 0.4) is 0 Å². The molecular formula is C12H25N. The van der Waals surface area contributed by atoms with Gasteiger partial charge in [-0.2, -0.15) is 0 Å². The lowest BCUT2D eigenvalue weighted by atomic mass is 9.68. The van der Waals surface area contributed by atoms with E-state index in [0.29, 0.717) is 6.04 Å². The molecule has 1 aliphatic rings. The molecule has 0 aromatic rings. The van der Waals surface area contributed by atoms with Gasteiger partial charge in [-0.3, -0.25) is 0 Å². The molecule has 0 aromatic heterocycles. The van der Waals surface area contributed by atoms with Crippen molar-refractivity contribution >= 4 is 0 Å². The molecule has 0 aliphatic heterocycles. The van der Waals surface area contributed by atoms with Crippen LogP contribution < -0.4 is 5.73 Å². The molecule has 13 heavy (non-hydrogen) atoms. The molecule has 1 aliphatic carbocycles. The molecule has 0 bridgehead atoms. The van der Waals surface area contributed by atoms with E-state index in [9.17, 15) is 0 Å². The molecule has 1 fully saturated rings. The fourth-order valence-electron chi connectivity index (χ4n) is 2.86. The van der Waals surface area contributed by atoms with E-state index in [2.05, 4.69) is 27.7 Å². The monoisotopic (exact) mass is 183 g/mol. The second-order valence-corrected chi connectivity index (χ2v) is 5.39. The van der Waals surface area contributed by atoms with Crippen LogP contribution in [0.4, 0.5) is 0 Å². The summed E-state index contributed by atoms with van der Waals surface area (Å²) in [5.41, 5.74) is 6.03. The van der Waals surface area contributed by atoms with E-state index < -0.39 is 0 Å². The number of nitrogens with two attached hydrogens (primary N) is 1. The van der Waals surface area contributed by atoms with Crippen molar-refractivity contribution in [3.05, 3.63) is 0 Å². The van der Waals surface area contributed by atoms with Crippen LogP contribution in [0.15, 0.2) is 0 Å². The lowest BCUT2D eigenvalue weighted by Gasteiger charge is -2.39. The van der Waals surface area contributed by atoms with Gasteiger partial charge >= 0.3 is 0 Å². The highest BCUT2D eigenvalue weighted by Crippen LogP contribution is 2.38. The van der Waals surface area contributed by atoms with E-state index in [1.165, 1.54) is 19.3 Å². The van der Waals surface area contributed by atoms with Crippen LogP contribution >= 0.6 is 0 Å². The molecule has 1 nitrogen and oxygen atoms in total. The Morgan fingerprint density at radius 3 is 1.92 bits per heavy atom. The fraction of sp³-hybridized carbons (Fsp3) is 1.00. The highest BCUT2D eigenvalue weighted by Gasteiger charge is 2.32. The van der Waals surface area contributed by atoms with Gasteiger partial charge in [0.2, 0.25) is 0 Å². The van der Waals surface area contributed by atoms with Gasteiger partial charge in [0.25, 0.3) is 0 Å². The molecule has 1 rings (SSSR count). The summed E-state index contributed by atoms with van der Waals surface area (Å²) in [5.74, 6) is 3.42. The average molecular weight is 183 g/mol. The van der Waals surface area contributed by atoms with Gasteiger partial charge in [-0.1, -0.05) is 27.7 Å². The van der Waals surface area contributed by atoms with Crippen LogP contribution in [0.5, 0.6) is 0 Å². The van der Waals surface area contributed by atoms with Gasteiger partial charge in [0.05, 0.1) is 0 Å². The predicted molar refractivity (Wildman–Crippen MR) is 58.5 cm³/mol. The molecule has 1 heteroatoms. The third-order valence-electron chi connectivity index (χ3n) is 3.71. The second kappa shape index (κ2) is 4.45. The zero-order valence-electron chi connectivity index (χ0n) is 9.59. The minimum atomic E-state index is 0.474. The SMILES string of the molecule is CC(C)C1CCC(N)CC1C(C)C. The predicted octanol–water partition coefficient (Wildman–Crippen LogP) is 3.04. The third kappa shape index (κ3) is 2.70. The first-order valence-electron chi connectivity index (χ1n) is 5.78. The average Bonchev–Trinajstić information content (AvgIpc) is 2.03. The van der Waals surface area contributed by atoms with Gasteiger partial charge in [0.1, 0.15) is 0 Å². The molecular weight excluding hydrogens is 158 g/mol. The first kappa shape index (κ1) is 11.0.